The maximum absolute atomic E-state index is 12.7. The average molecular weight is 352 g/mol. The van der Waals surface area contributed by atoms with Gasteiger partial charge in [0.2, 0.25) is 11.8 Å². The van der Waals surface area contributed by atoms with Gasteiger partial charge in [-0.15, -0.1) is 0 Å². The van der Waals surface area contributed by atoms with Crippen LogP contribution in [0.15, 0.2) is 0 Å². The van der Waals surface area contributed by atoms with E-state index in [9.17, 15) is 14.4 Å². The summed E-state index contributed by atoms with van der Waals surface area (Å²) in [5.41, 5.74) is -1.26. The molecule has 1 saturated heterocycles. The molecular weight excluding hydrogens is 320 g/mol. The molecule has 2 fully saturated rings. The standard InChI is InChI=1S/C19H32N2O4/c1-18(2,3)16(23)21-12-8-14(9-13-21)15(22)20-19(17(24)25-4)10-6-5-7-11-19/h14H,5-13H2,1-4H3,(H,20,22). The molecule has 2 amide bonds. The summed E-state index contributed by atoms with van der Waals surface area (Å²) in [7, 11) is 1.38. The molecule has 0 aromatic carbocycles. The van der Waals surface area contributed by atoms with Gasteiger partial charge in [-0.2, -0.15) is 0 Å². The van der Waals surface area contributed by atoms with Crippen LogP contribution in [-0.4, -0.2) is 48.4 Å². The highest BCUT2D eigenvalue weighted by atomic mass is 16.5. The molecule has 1 heterocycles. The number of hydrogen-bond acceptors (Lipinski definition) is 4. The molecule has 25 heavy (non-hydrogen) atoms. The van der Waals surface area contributed by atoms with E-state index in [0.717, 1.165) is 19.3 Å². The van der Waals surface area contributed by atoms with Gasteiger partial charge in [-0.1, -0.05) is 40.0 Å². The molecule has 2 rings (SSSR count). The predicted molar refractivity (Wildman–Crippen MR) is 94.7 cm³/mol. The highest BCUT2D eigenvalue weighted by Crippen LogP contribution is 2.31. The number of amides is 2. The molecule has 0 radical (unpaired) electrons. The normalized spacial score (nSPS) is 21.5. The van der Waals surface area contributed by atoms with Crippen LogP contribution in [0.5, 0.6) is 0 Å². The zero-order valence-corrected chi connectivity index (χ0v) is 16.0. The lowest BCUT2D eigenvalue weighted by Gasteiger charge is -2.38. The van der Waals surface area contributed by atoms with Gasteiger partial charge in [-0.3, -0.25) is 9.59 Å². The maximum atomic E-state index is 12.7. The number of rotatable bonds is 3. The van der Waals surface area contributed by atoms with Crippen LogP contribution < -0.4 is 5.32 Å². The monoisotopic (exact) mass is 352 g/mol. The van der Waals surface area contributed by atoms with Crippen LogP contribution in [0.4, 0.5) is 0 Å². The fourth-order valence-electron chi connectivity index (χ4n) is 3.89. The van der Waals surface area contributed by atoms with Crippen molar-refractivity contribution in [3.05, 3.63) is 0 Å². The molecule has 1 aliphatic carbocycles. The van der Waals surface area contributed by atoms with E-state index in [1.165, 1.54) is 7.11 Å². The van der Waals surface area contributed by atoms with Crippen molar-refractivity contribution in [2.24, 2.45) is 11.3 Å². The molecule has 142 valence electrons. The van der Waals surface area contributed by atoms with Gasteiger partial charge in [0.05, 0.1) is 7.11 Å². The fourth-order valence-corrected chi connectivity index (χ4v) is 3.89. The first-order valence-electron chi connectivity index (χ1n) is 9.39. The molecule has 0 aromatic rings. The van der Waals surface area contributed by atoms with E-state index in [2.05, 4.69) is 5.32 Å². The van der Waals surface area contributed by atoms with Crippen LogP contribution in [0.1, 0.15) is 65.7 Å². The van der Waals surface area contributed by atoms with Gasteiger partial charge in [-0.25, -0.2) is 4.79 Å². The molecule has 0 atom stereocenters. The number of nitrogens with one attached hydrogen (secondary N) is 1. The van der Waals surface area contributed by atoms with E-state index in [1.54, 1.807) is 0 Å². The Bertz CT molecular complexity index is 510. The number of likely N-dealkylation sites (tertiary alicyclic amines) is 1. The van der Waals surface area contributed by atoms with Crippen LogP contribution in [0.25, 0.3) is 0 Å². The van der Waals surface area contributed by atoms with E-state index in [4.69, 9.17) is 4.74 Å². The summed E-state index contributed by atoms with van der Waals surface area (Å²) in [4.78, 5) is 39.2. The Kier molecular flexibility index (Phi) is 6.12. The van der Waals surface area contributed by atoms with E-state index in [1.807, 2.05) is 25.7 Å². The summed E-state index contributed by atoms with van der Waals surface area (Å²) in [6.45, 7) is 6.94. The van der Waals surface area contributed by atoms with Crippen LogP contribution in [-0.2, 0) is 19.1 Å². The molecule has 1 aliphatic heterocycles. The zero-order valence-electron chi connectivity index (χ0n) is 16.0. The molecule has 0 unspecified atom stereocenters. The predicted octanol–water partition coefficient (Wildman–Crippen LogP) is 2.26. The van der Waals surface area contributed by atoms with Crippen molar-refractivity contribution >= 4 is 17.8 Å². The zero-order chi connectivity index (χ0) is 18.7. The first kappa shape index (κ1) is 19.7. The molecular formula is C19H32N2O4. The second kappa shape index (κ2) is 7.75. The third-order valence-electron chi connectivity index (χ3n) is 5.44. The van der Waals surface area contributed by atoms with Gasteiger partial charge < -0.3 is 15.0 Å². The number of hydrogen-bond donors (Lipinski definition) is 1. The SMILES string of the molecule is COC(=O)C1(NC(=O)C2CCN(C(=O)C(C)(C)C)CC2)CCCCC1. The van der Waals surface area contributed by atoms with E-state index in [0.29, 0.717) is 38.8 Å². The molecule has 1 saturated carbocycles. The minimum Gasteiger partial charge on any atom is -0.467 e. The van der Waals surface area contributed by atoms with E-state index in [-0.39, 0.29) is 23.7 Å². The van der Waals surface area contributed by atoms with Gasteiger partial charge >= 0.3 is 5.97 Å². The number of esters is 1. The van der Waals surface area contributed by atoms with Gasteiger partial charge in [0.1, 0.15) is 5.54 Å². The molecule has 6 nitrogen and oxygen atoms in total. The Morgan fingerprint density at radius 3 is 2.08 bits per heavy atom. The van der Waals surface area contributed by atoms with Crippen molar-refractivity contribution < 1.29 is 19.1 Å². The first-order chi connectivity index (χ1) is 11.7. The lowest BCUT2D eigenvalue weighted by atomic mass is 9.80. The lowest BCUT2D eigenvalue weighted by Crippen LogP contribution is -2.58. The smallest absolute Gasteiger partial charge is 0.331 e. The number of nitrogens with zero attached hydrogens (tertiary/aromatic N) is 1. The summed E-state index contributed by atoms with van der Waals surface area (Å²) in [6.07, 6.45) is 5.51. The van der Waals surface area contributed by atoms with Crippen LogP contribution in [0.3, 0.4) is 0 Å². The Morgan fingerprint density at radius 1 is 1.04 bits per heavy atom. The van der Waals surface area contributed by atoms with Gasteiger partial charge in [0, 0.05) is 24.4 Å². The van der Waals surface area contributed by atoms with Crippen molar-refractivity contribution in [3.63, 3.8) is 0 Å². The number of piperidine rings is 1. The Hall–Kier alpha value is -1.59. The minimum absolute atomic E-state index is 0.0739. The number of carbonyl (C=O) groups is 3. The highest BCUT2D eigenvalue weighted by Gasteiger charge is 2.43. The van der Waals surface area contributed by atoms with Crippen LogP contribution >= 0.6 is 0 Å². The summed E-state index contributed by atoms with van der Waals surface area (Å²) < 4.78 is 4.96. The van der Waals surface area contributed by atoms with E-state index >= 15 is 0 Å². The molecule has 2 aliphatic rings. The molecule has 0 aromatic heterocycles. The van der Waals surface area contributed by atoms with Crippen molar-refractivity contribution in [1.82, 2.24) is 10.2 Å². The van der Waals surface area contributed by atoms with Crippen molar-refractivity contribution in [2.45, 2.75) is 71.3 Å². The highest BCUT2D eigenvalue weighted by molar-refractivity contribution is 5.89. The molecule has 6 heteroatoms. The van der Waals surface area contributed by atoms with Gasteiger partial charge in [-0.05, 0) is 25.7 Å². The van der Waals surface area contributed by atoms with Crippen molar-refractivity contribution in [1.29, 1.82) is 0 Å². The quantitative estimate of drug-likeness (QED) is 0.791. The van der Waals surface area contributed by atoms with Gasteiger partial charge in [0.25, 0.3) is 0 Å². The molecule has 0 spiro atoms. The minimum atomic E-state index is -0.859. The first-order valence-corrected chi connectivity index (χ1v) is 9.39. The van der Waals surface area contributed by atoms with Crippen molar-refractivity contribution in [2.75, 3.05) is 20.2 Å². The Balaban J connectivity index is 1.95. The number of methoxy groups -OCH3 is 1. The van der Waals surface area contributed by atoms with Crippen LogP contribution in [0.2, 0.25) is 0 Å². The average Bonchev–Trinajstić information content (AvgIpc) is 2.60. The maximum Gasteiger partial charge on any atom is 0.331 e. The van der Waals surface area contributed by atoms with Crippen molar-refractivity contribution in [3.8, 4) is 0 Å². The molecule has 1 N–H and O–H groups in total. The lowest BCUT2D eigenvalue weighted by molar-refractivity contribution is -0.153. The summed E-state index contributed by atoms with van der Waals surface area (Å²) in [5, 5.41) is 3.01. The van der Waals surface area contributed by atoms with Crippen LogP contribution in [0, 0.1) is 11.3 Å². The summed E-state index contributed by atoms with van der Waals surface area (Å²) in [5.74, 6) is -0.423. The Labute approximate surface area is 150 Å². The largest absolute Gasteiger partial charge is 0.467 e. The second-order valence-corrected chi connectivity index (χ2v) is 8.44. The number of carbonyl (C=O) groups excluding carboxylic acids is 3. The van der Waals surface area contributed by atoms with E-state index < -0.39 is 11.0 Å². The number of ether oxygens (including phenoxy) is 1. The topological polar surface area (TPSA) is 75.7 Å². The fraction of sp³-hybridized carbons (Fsp3) is 0.842. The third-order valence-corrected chi connectivity index (χ3v) is 5.44. The Morgan fingerprint density at radius 2 is 1.60 bits per heavy atom. The molecule has 0 bridgehead atoms. The second-order valence-electron chi connectivity index (χ2n) is 8.44. The summed E-state index contributed by atoms with van der Waals surface area (Å²) >= 11 is 0. The van der Waals surface area contributed by atoms with Gasteiger partial charge in [0.15, 0.2) is 0 Å². The third kappa shape index (κ3) is 4.53. The summed E-state index contributed by atoms with van der Waals surface area (Å²) in [6, 6.07) is 0.